The van der Waals surface area contributed by atoms with E-state index < -0.39 is 16.4 Å². The number of nitrogens with one attached hydrogen (secondary N) is 1. The maximum atomic E-state index is 13.2. The first kappa shape index (κ1) is 12.8. The van der Waals surface area contributed by atoms with Gasteiger partial charge in [0.2, 0.25) is 5.82 Å². The first-order chi connectivity index (χ1) is 8.61. The number of rotatable bonds is 6. The molecule has 1 aliphatic rings. The van der Waals surface area contributed by atoms with Crippen molar-refractivity contribution in [1.82, 2.24) is 0 Å². The lowest BCUT2D eigenvalue weighted by Crippen LogP contribution is -2.27. The summed E-state index contributed by atoms with van der Waals surface area (Å²) < 4.78 is 18.3. The quantitative estimate of drug-likeness (QED) is 0.626. The molecule has 1 fully saturated rings. The molecule has 1 N–H and O–H groups in total. The summed E-state index contributed by atoms with van der Waals surface area (Å²) in [7, 11) is 1.62. The predicted octanol–water partition coefficient (Wildman–Crippen LogP) is 2.57. The van der Waals surface area contributed by atoms with Gasteiger partial charge in [0.25, 0.3) is 0 Å². The highest BCUT2D eigenvalue weighted by Gasteiger charge is 2.31. The summed E-state index contributed by atoms with van der Waals surface area (Å²) in [4.78, 5) is 9.93. The van der Waals surface area contributed by atoms with E-state index in [1.54, 1.807) is 7.11 Å². The number of anilines is 1. The molecule has 1 atom stereocenters. The number of halogens is 1. The molecule has 0 radical (unpaired) electrons. The first-order valence-electron chi connectivity index (χ1n) is 5.81. The lowest BCUT2D eigenvalue weighted by Gasteiger charge is -2.18. The van der Waals surface area contributed by atoms with E-state index >= 15 is 0 Å². The van der Waals surface area contributed by atoms with Crippen molar-refractivity contribution in [2.24, 2.45) is 5.92 Å². The molecule has 6 heteroatoms. The van der Waals surface area contributed by atoms with Crippen molar-refractivity contribution >= 4 is 11.4 Å². The highest BCUT2D eigenvalue weighted by molar-refractivity contribution is 5.52. The number of methoxy groups -OCH3 is 1. The van der Waals surface area contributed by atoms with Crippen LogP contribution in [0.2, 0.25) is 0 Å². The largest absolute Gasteiger partial charge is 0.383 e. The second-order valence-corrected chi connectivity index (χ2v) is 4.47. The molecular formula is C12H15FN2O3. The molecular weight excluding hydrogens is 239 g/mol. The summed E-state index contributed by atoms with van der Waals surface area (Å²) in [5.74, 6) is -0.283. The third-order valence-corrected chi connectivity index (χ3v) is 3.03. The predicted molar refractivity (Wildman–Crippen MR) is 65.1 cm³/mol. The van der Waals surface area contributed by atoms with Gasteiger partial charge in [0.05, 0.1) is 17.6 Å². The standard InChI is InChI=1S/C12H15FN2O3/c1-18-7-11(8-2-3-8)14-9-4-5-10(13)12(6-9)15(16)17/h4-6,8,11,14H,2-3,7H2,1H3. The Balaban J connectivity index is 2.12. The van der Waals surface area contributed by atoms with Crippen molar-refractivity contribution < 1.29 is 14.1 Å². The maximum Gasteiger partial charge on any atom is 0.306 e. The maximum absolute atomic E-state index is 13.2. The summed E-state index contributed by atoms with van der Waals surface area (Å²) in [5.41, 5.74) is 0.0454. The molecule has 0 saturated heterocycles. The van der Waals surface area contributed by atoms with Crippen LogP contribution < -0.4 is 5.32 Å². The fraction of sp³-hybridized carbons (Fsp3) is 0.500. The fourth-order valence-corrected chi connectivity index (χ4v) is 1.93. The van der Waals surface area contributed by atoms with E-state index in [2.05, 4.69) is 5.32 Å². The van der Waals surface area contributed by atoms with E-state index in [0.717, 1.165) is 18.9 Å². The molecule has 0 bridgehead atoms. The minimum Gasteiger partial charge on any atom is -0.383 e. The van der Waals surface area contributed by atoms with Crippen LogP contribution in [0.1, 0.15) is 12.8 Å². The van der Waals surface area contributed by atoms with E-state index in [-0.39, 0.29) is 6.04 Å². The van der Waals surface area contributed by atoms with Gasteiger partial charge in [0.1, 0.15) is 0 Å². The Morgan fingerprint density at radius 3 is 2.89 bits per heavy atom. The average molecular weight is 254 g/mol. The van der Waals surface area contributed by atoms with Crippen molar-refractivity contribution in [3.8, 4) is 0 Å². The Morgan fingerprint density at radius 1 is 1.61 bits per heavy atom. The summed E-state index contributed by atoms with van der Waals surface area (Å²) >= 11 is 0. The summed E-state index contributed by atoms with van der Waals surface area (Å²) in [6.45, 7) is 0.538. The number of nitrogens with zero attached hydrogens (tertiary/aromatic N) is 1. The normalized spacial score (nSPS) is 16.3. The summed E-state index contributed by atoms with van der Waals surface area (Å²) in [6, 6.07) is 3.96. The minimum atomic E-state index is -0.819. The second kappa shape index (κ2) is 5.30. The van der Waals surface area contributed by atoms with Crippen LogP contribution >= 0.6 is 0 Å². The number of nitro groups is 1. The number of hydrogen-bond donors (Lipinski definition) is 1. The molecule has 98 valence electrons. The van der Waals surface area contributed by atoms with Gasteiger partial charge in [-0.2, -0.15) is 4.39 Å². The van der Waals surface area contributed by atoms with E-state index in [1.165, 1.54) is 12.1 Å². The van der Waals surface area contributed by atoms with Crippen LogP contribution in [0.5, 0.6) is 0 Å². The molecule has 5 nitrogen and oxygen atoms in total. The van der Waals surface area contributed by atoms with Gasteiger partial charge in [0, 0.05) is 18.9 Å². The molecule has 0 aromatic heterocycles. The Labute approximate surface area is 104 Å². The lowest BCUT2D eigenvalue weighted by atomic mass is 10.1. The van der Waals surface area contributed by atoms with Gasteiger partial charge in [-0.15, -0.1) is 0 Å². The molecule has 0 aliphatic heterocycles. The van der Waals surface area contributed by atoms with Gasteiger partial charge in [-0.1, -0.05) is 0 Å². The van der Waals surface area contributed by atoms with Gasteiger partial charge in [-0.05, 0) is 30.9 Å². The van der Waals surface area contributed by atoms with Crippen molar-refractivity contribution in [2.75, 3.05) is 19.0 Å². The van der Waals surface area contributed by atoms with Crippen molar-refractivity contribution in [3.05, 3.63) is 34.1 Å². The average Bonchev–Trinajstić information content (AvgIpc) is 3.14. The fourth-order valence-electron chi connectivity index (χ4n) is 1.93. The van der Waals surface area contributed by atoms with Crippen molar-refractivity contribution in [2.45, 2.75) is 18.9 Å². The third-order valence-electron chi connectivity index (χ3n) is 3.03. The van der Waals surface area contributed by atoms with Gasteiger partial charge >= 0.3 is 5.69 Å². The van der Waals surface area contributed by atoms with Crippen LogP contribution in [0.4, 0.5) is 15.8 Å². The monoisotopic (exact) mass is 254 g/mol. The van der Waals surface area contributed by atoms with E-state index in [4.69, 9.17) is 4.74 Å². The van der Waals surface area contributed by atoms with E-state index in [9.17, 15) is 14.5 Å². The SMILES string of the molecule is COCC(Nc1ccc(F)c([N+](=O)[O-])c1)C1CC1. The Hall–Kier alpha value is -1.69. The third kappa shape index (κ3) is 2.95. The van der Waals surface area contributed by atoms with Crippen molar-refractivity contribution in [1.29, 1.82) is 0 Å². The molecule has 1 aromatic carbocycles. The second-order valence-electron chi connectivity index (χ2n) is 4.47. The molecule has 0 heterocycles. The van der Waals surface area contributed by atoms with Crippen molar-refractivity contribution in [3.63, 3.8) is 0 Å². The van der Waals surface area contributed by atoms with Crippen LogP contribution in [-0.4, -0.2) is 24.7 Å². The molecule has 1 aliphatic carbocycles. The molecule has 1 saturated carbocycles. The highest BCUT2D eigenvalue weighted by atomic mass is 19.1. The van der Waals surface area contributed by atoms with Crippen LogP contribution in [-0.2, 0) is 4.74 Å². The highest BCUT2D eigenvalue weighted by Crippen LogP contribution is 2.35. The van der Waals surface area contributed by atoms with E-state index in [1.807, 2.05) is 0 Å². The number of hydrogen-bond acceptors (Lipinski definition) is 4. The zero-order valence-corrected chi connectivity index (χ0v) is 10.1. The zero-order valence-electron chi connectivity index (χ0n) is 10.1. The first-order valence-corrected chi connectivity index (χ1v) is 5.81. The summed E-state index contributed by atoms with van der Waals surface area (Å²) in [6.07, 6.45) is 2.26. The minimum absolute atomic E-state index is 0.125. The molecule has 1 unspecified atom stereocenters. The van der Waals surface area contributed by atoms with E-state index in [0.29, 0.717) is 18.2 Å². The summed E-state index contributed by atoms with van der Waals surface area (Å²) in [5, 5.41) is 13.8. The molecule has 1 aromatic rings. The lowest BCUT2D eigenvalue weighted by molar-refractivity contribution is -0.387. The van der Waals surface area contributed by atoms with Crippen LogP contribution in [0.3, 0.4) is 0 Å². The molecule has 0 spiro atoms. The molecule has 18 heavy (non-hydrogen) atoms. The van der Waals surface area contributed by atoms with Crippen LogP contribution in [0, 0.1) is 21.8 Å². The Kier molecular flexibility index (Phi) is 3.76. The van der Waals surface area contributed by atoms with Gasteiger partial charge in [-0.3, -0.25) is 10.1 Å². The zero-order chi connectivity index (χ0) is 13.1. The Morgan fingerprint density at radius 2 is 2.33 bits per heavy atom. The van der Waals surface area contributed by atoms with Crippen LogP contribution in [0.15, 0.2) is 18.2 Å². The van der Waals surface area contributed by atoms with Gasteiger partial charge in [0.15, 0.2) is 0 Å². The molecule has 0 amide bonds. The number of nitro benzene ring substituents is 1. The Bertz CT molecular complexity index is 449. The smallest absolute Gasteiger partial charge is 0.306 e. The molecule has 2 rings (SSSR count). The van der Waals surface area contributed by atoms with Gasteiger partial charge < -0.3 is 10.1 Å². The van der Waals surface area contributed by atoms with Gasteiger partial charge in [-0.25, -0.2) is 0 Å². The topological polar surface area (TPSA) is 64.4 Å². The number of ether oxygens (including phenoxy) is 1. The number of benzene rings is 1. The van der Waals surface area contributed by atoms with Crippen LogP contribution in [0.25, 0.3) is 0 Å².